The van der Waals surface area contributed by atoms with Crippen LogP contribution in [0.25, 0.3) is 0 Å². The zero-order valence-corrected chi connectivity index (χ0v) is 9.73. The largest absolute Gasteiger partial charge is 0.299 e. The van der Waals surface area contributed by atoms with E-state index in [1.54, 1.807) is 6.07 Å². The molecule has 1 nitrogen and oxygen atoms in total. The number of halogens is 1. The van der Waals surface area contributed by atoms with E-state index in [0.717, 1.165) is 5.56 Å². The number of Topliss-reactive ketones (excluding diaryl/α,β-unsaturated/α-hetero) is 1. The molecule has 0 aliphatic carbocycles. The Morgan fingerprint density at radius 3 is 2.40 bits per heavy atom. The van der Waals surface area contributed by atoms with Gasteiger partial charge in [0.25, 0.3) is 0 Å². The minimum absolute atomic E-state index is 0.0604. The topological polar surface area (TPSA) is 17.1 Å². The van der Waals surface area contributed by atoms with Crippen molar-refractivity contribution in [1.82, 2.24) is 0 Å². The fourth-order valence-corrected chi connectivity index (χ4v) is 1.23. The third-order valence-corrected chi connectivity index (χ3v) is 2.40. The molecule has 82 valence electrons. The highest BCUT2D eigenvalue weighted by molar-refractivity contribution is 5.85. The molecule has 1 rings (SSSR count). The maximum atomic E-state index is 13.4. The van der Waals surface area contributed by atoms with Crippen molar-refractivity contribution in [1.29, 1.82) is 0 Å². The van der Waals surface area contributed by atoms with E-state index in [1.807, 2.05) is 33.8 Å². The molecule has 0 fully saturated rings. The van der Waals surface area contributed by atoms with Crippen LogP contribution in [0.1, 0.15) is 31.9 Å². The van der Waals surface area contributed by atoms with E-state index >= 15 is 0 Å². The molecule has 1 aromatic carbocycles. The summed E-state index contributed by atoms with van der Waals surface area (Å²) < 4.78 is 13.4. The van der Waals surface area contributed by atoms with Gasteiger partial charge in [0.15, 0.2) is 0 Å². The number of hydrogen-bond acceptors (Lipinski definition) is 1. The molecule has 0 radical (unpaired) electrons. The summed E-state index contributed by atoms with van der Waals surface area (Å²) >= 11 is 0. The van der Waals surface area contributed by atoms with E-state index < -0.39 is 5.41 Å². The number of carbonyl (C=O) groups excluding carboxylic acids is 1. The van der Waals surface area contributed by atoms with Crippen LogP contribution in [-0.2, 0) is 11.2 Å². The van der Waals surface area contributed by atoms with E-state index in [9.17, 15) is 9.18 Å². The van der Waals surface area contributed by atoms with E-state index in [-0.39, 0.29) is 18.0 Å². The predicted octanol–water partition coefficient (Wildman–Crippen LogP) is 3.29. The Hall–Kier alpha value is -1.18. The lowest BCUT2D eigenvalue weighted by atomic mass is 9.87. The molecule has 0 saturated carbocycles. The Kier molecular flexibility index (Phi) is 3.28. The third-order valence-electron chi connectivity index (χ3n) is 2.40. The van der Waals surface area contributed by atoms with Crippen LogP contribution in [0.5, 0.6) is 0 Å². The number of hydrogen-bond donors (Lipinski definition) is 0. The molecule has 0 aromatic heterocycles. The summed E-state index contributed by atoms with van der Waals surface area (Å²) in [5.74, 6) is -0.224. The Morgan fingerprint density at radius 2 is 1.93 bits per heavy atom. The Morgan fingerprint density at radius 1 is 1.33 bits per heavy atom. The highest BCUT2D eigenvalue weighted by atomic mass is 19.1. The van der Waals surface area contributed by atoms with Crippen LogP contribution in [0.3, 0.4) is 0 Å². The first-order chi connectivity index (χ1) is 6.80. The number of aryl methyl sites for hydroxylation is 1. The number of benzene rings is 1. The number of rotatable bonds is 2. The second kappa shape index (κ2) is 4.13. The SMILES string of the molecule is Cc1ccc(CC(=O)C(C)(C)C)c(F)c1. The number of ketones is 1. The molecule has 0 heterocycles. The second-order valence-corrected chi connectivity index (χ2v) is 4.94. The van der Waals surface area contributed by atoms with Crippen LogP contribution in [0.15, 0.2) is 18.2 Å². The van der Waals surface area contributed by atoms with Gasteiger partial charge in [-0.25, -0.2) is 4.39 Å². The molecule has 0 unspecified atom stereocenters. The van der Waals surface area contributed by atoms with Gasteiger partial charge in [-0.1, -0.05) is 32.9 Å². The number of carbonyl (C=O) groups is 1. The van der Waals surface area contributed by atoms with Crippen molar-refractivity contribution >= 4 is 5.78 Å². The van der Waals surface area contributed by atoms with Crippen molar-refractivity contribution in [3.63, 3.8) is 0 Å². The van der Waals surface area contributed by atoms with Crippen LogP contribution in [0.2, 0.25) is 0 Å². The molecule has 15 heavy (non-hydrogen) atoms. The summed E-state index contributed by atoms with van der Waals surface area (Å²) in [4.78, 5) is 11.7. The molecule has 0 atom stereocenters. The fraction of sp³-hybridized carbons (Fsp3) is 0.462. The predicted molar refractivity (Wildman–Crippen MR) is 59.3 cm³/mol. The molecule has 0 aliphatic heterocycles. The third kappa shape index (κ3) is 3.15. The average molecular weight is 208 g/mol. The van der Waals surface area contributed by atoms with Crippen molar-refractivity contribution in [2.24, 2.45) is 5.41 Å². The summed E-state index contributed by atoms with van der Waals surface area (Å²) in [5, 5.41) is 0. The molecule has 0 spiro atoms. The molecular formula is C13H17FO. The lowest BCUT2D eigenvalue weighted by molar-refractivity contribution is -0.125. The molecule has 0 bridgehead atoms. The normalized spacial score (nSPS) is 11.5. The minimum Gasteiger partial charge on any atom is -0.299 e. The van der Waals surface area contributed by atoms with Gasteiger partial charge >= 0.3 is 0 Å². The van der Waals surface area contributed by atoms with Crippen molar-refractivity contribution in [2.45, 2.75) is 34.1 Å². The highest BCUT2D eigenvalue weighted by Crippen LogP contribution is 2.19. The average Bonchev–Trinajstić information content (AvgIpc) is 2.08. The van der Waals surface area contributed by atoms with Gasteiger partial charge in [-0.15, -0.1) is 0 Å². The fourth-order valence-electron chi connectivity index (χ4n) is 1.23. The van der Waals surface area contributed by atoms with Gasteiger partial charge in [0, 0.05) is 11.8 Å². The summed E-state index contributed by atoms with van der Waals surface area (Å²) in [6.07, 6.45) is 0.176. The first-order valence-corrected chi connectivity index (χ1v) is 5.09. The molecule has 2 heteroatoms. The van der Waals surface area contributed by atoms with E-state index in [4.69, 9.17) is 0 Å². The van der Waals surface area contributed by atoms with Crippen molar-refractivity contribution in [2.75, 3.05) is 0 Å². The zero-order chi connectivity index (χ0) is 11.6. The quantitative estimate of drug-likeness (QED) is 0.728. The van der Waals surface area contributed by atoms with Gasteiger partial charge in [0.2, 0.25) is 0 Å². The smallest absolute Gasteiger partial charge is 0.142 e. The van der Waals surface area contributed by atoms with Crippen LogP contribution < -0.4 is 0 Å². The van der Waals surface area contributed by atoms with E-state index in [0.29, 0.717) is 5.56 Å². The van der Waals surface area contributed by atoms with E-state index in [2.05, 4.69) is 0 Å². The van der Waals surface area contributed by atoms with Gasteiger partial charge in [0.1, 0.15) is 11.6 Å². The van der Waals surface area contributed by atoms with Crippen LogP contribution in [-0.4, -0.2) is 5.78 Å². The summed E-state index contributed by atoms with van der Waals surface area (Å²) in [6, 6.07) is 4.98. The highest BCUT2D eigenvalue weighted by Gasteiger charge is 2.22. The van der Waals surface area contributed by atoms with Crippen LogP contribution in [0.4, 0.5) is 4.39 Å². The summed E-state index contributed by atoms with van der Waals surface area (Å²) in [7, 11) is 0. The monoisotopic (exact) mass is 208 g/mol. The zero-order valence-electron chi connectivity index (χ0n) is 9.73. The first-order valence-electron chi connectivity index (χ1n) is 5.09. The molecular weight excluding hydrogens is 191 g/mol. The molecule has 0 saturated heterocycles. The van der Waals surface area contributed by atoms with Crippen molar-refractivity contribution in [3.8, 4) is 0 Å². The van der Waals surface area contributed by atoms with Gasteiger partial charge in [-0.2, -0.15) is 0 Å². The maximum absolute atomic E-state index is 13.4. The van der Waals surface area contributed by atoms with Gasteiger partial charge < -0.3 is 0 Å². The first kappa shape index (κ1) is 11.9. The standard InChI is InChI=1S/C13H17FO/c1-9-5-6-10(11(14)7-9)8-12(15)13(2,3)4/h5-7H,8H2,1-4H3. The summed E-state index contributed by atoms with van der Waals surface area (Å²) in [5.41, 5.74) is 0.956. The molecule has 0 N–H and O–H groups in total. The van der Waals surface area contributed by atoms with Crippen LogP contribution >= 0.6 is 0 Å². The lowest BCUT2D eigenvalue weighted by Gasteiger charge is -2.16. The molecule has 1 aromatic rings. The van der Waals surface area contributed by atoms with E-state index in [1.165, 1.54) is 6.07 Å². The Bertz CT molecular complexity index is 375. The Labute approximate surface area is 90.3 Å². The second-order valence-electron chi connectivity index (χ2n) is 4.94. The Balaban J connectivity index is 2.87. The molecule has 0 amide bonds. The van der Waals surface area contributed by atoms with Gasteiger partial charge in [-0.3, -0.25) is 4.79 Å². The van der Waals surface area contributed by atoms with Gasteiger partial charge in [0.05, 0.1) is 0 Å². The van der Waals surface area contributed by atoms with Gasteiger partial charge in [-0.05, 0) is 24.1 Å². The van der Waals surface area contributed by atoms with Crippen molar-refractivity contribution < 1.29 is 9.18 Å². The van der Waals surface area contributed by atoms with Crippen LogP contribution in [0, 0.1) is 18.2 Å². The van der Waals surface area contributed by atoms with Crippen molar-refractivity contribution in [3.05, 3.63) is 35.1 Å². The lowest BCUT2D eigenvalue weighted by Crippen LogP contribution is -2.22. The maximum Gasteiger partial charge on any atom is 0.142 e. The summed E-state index contributed by atoms with van der Waals surface area (Å²) in [6.45, 7) is 7.38. The molecule has 0 aliphatic rings. The minimum atomic E-state index is -0.405.